The molecule has 6 amide bonds. The fourth-order valence-electron chi connectivity index (χ4n) is 9.62. The van der Waals surface area contributed by atoms with Crippen LogP contribution in [0, 0.1) is 11.6 Å². The zero-order valence-corrected chi connectivity index (χ0v) is 38.2. The molecular formula is C51H55F2N9O7. The number of nitrogens with zero attached hydrogens (tertiary/aromatic N) is 4. The summed E-state index contributed by atoms with van der Waals surface area (Å²) in [6.07, 6.45) is 7.10. The normalized spacial score (nSPS) is 17.6. The Labute approximate surface area is 397 Å². The van der Waals surface area contributed by atoms with Crippen LogP contribution in [0.5, 0.6) is 0 Å². The highest BCUT2D eigenvalue weighted by Crippen LogP contribution is 2.32. The molecular weight excluding hydrogens is 889 g/mol. The molecule has 4 aliphatic heterocycles. The van der Waals surface area contributed by atoms with E-state index in [9.17, 15) is 37.5 Å². The first-order chi connectivity index (χ1) is 33.5. The molecule has 9 rings (SSSR count). The first-order valence-corrected chi connectivity index (χ1v) is 23.8. The SMILES string of the molecule is O=C1CCC(N2C(=O)c3ccc(NCCCCCCCC(=O)N4CCN(c5ccc(C(=O)Nc6n[nH]c7ccc(Cc8cc(F)cc(F)c8)cc67)c(NC6CCOCC6)c5)CC4)cc3C2=O)C(=O)N1. The second kappa shape index (κ2) is 21.0. The summed E-state index contributed by atoms with van der Waals surface area (Å²) in [6, 6.07) is 18.8. The lowest BCUT2D eigenvalue weighted by Crippen LogP contribution is -2.54. The van der Waals surface area contributed by atoms with E-state index in [1.807, 2.05) is 41.3 Å². The van der Waals surface area contributed by atoms with E-state index in [0.717, 1.165) is 67.2 Å². The fourth-order valence-corrected chi connectivity index (χ4v) is 9.62. The Morgan fingerprint density at radius 3 is 2.30 bits per heavy atom. The Kier molecular flexibility index (Phi) is 14.3. The highest BCUT2D eigenvalue weighted by molar-refractivity contribution is 6.23. The maximum absolute atomic E-state index is 14.0. The minimum Gasteiger partial charge on any atom is -0.385 e. The molecule has 0 radical (unpaired) electrons. The number of piperazine rings is 1. The summed E-state index contributed by atoms with van der Waals surface area (Å²) in [6.45, 7) is 4.40. The molecule has 69 heavy (non-hydrogen) atoms. The number of H-pyrrole nitrogens is 1. The van der Waals surface area contributed by atoms with Crippen molar-refractivity contribution in [1.29, 1.82) is 0 Å². The quantitative estimate of drug-likeness (QED) is 0.0487. The Morgan fingerprint density at radius 2 is 1.52 bits per heavy atom. The molecule has 0 aliphatic carbocycles. The summed E-state index contributed by atoms with van der Waals surface area (Å²) < 4.78 is 33.4. The summed E-state index contributed by atoms with van der Waals surface area (Å²) in [7, 11) is 0. The number of carbonyl (C=O) groups is 6. The molecule has 0 spiro atoms. The van der Waals surface area contributed by atoms with E-state index < -0.39 is 41.3 Å². The van der Waals surface area contributed by atoms with Crippen LogP contribution in [0.15, 0.2) is 72.8 Å². The van der Waals surface area contributed by atoms with Crippen molar-refractivity contribution in [3.05, 3.63) is 112 Å². The number of benzene rings is 4. The van der Waals surface area contributed by atoms with Gasteiger partial charge < -0.3 is 30.5 Å². The number of hydrogen-bond donors (Lipinski definition) is 5. The zero-order valence-electron chi connectivity index (χ0n) is 38.2. The molecule has 5 heterocycles. The summed E-state index contributed by atoms with van der Waals surface area (Å²) in [5, 5.41) is 20.1. The molecule has 1 atom stereocenters. The van der Waals surface area contributed by atoms with Gasteiger partial charge in [-0.2, -0.15) is 5.10 Å². The van der Waals surface area contributed by atoms with Gasteiger partial charge in [-0.05, 0) is 110 Å². The number of halogens is 2. The van der Waals surface area contributed by atoms with Crippen molar-refractivity contribution in [3.8, 4) is 0 Å². The van der Waals surface area contributed by atoms with Crippen LogP contribution >= 0.6 is 0 Å². The van der Waals surface area contributed by atoms with E-state index in [2.05, 4.69) is 36.4 Å². The standard InChI is InChI=1S/C51H55F2N9O7/c52-33-25-32(26-34(53)28-33)24-31-7-12-42-41(27-31)47(59-58-42)57-48(65)39-11-9-37(30-43(39)55-35-15-22-69-23-16-35)60-18-20-61(21-19-60)46(64)6-4-2-1-3-5-17-54-36-8-10-38-40(29-36)51(68)62(50(38)67)44-13-14-45(63)56-49(44)66/h7-12,25-30,35,44,54-55H,1-6,13-24H2,(H,56,63,66)(H2,57,58,59,65). The van der Waals surface area contributed by atoms with E-state index in [1.54, 1.807) is 18.2 Å². The zero-order chi connectivity index (χ0) is 48.0. The Bertz CT molecular complexity index is 2760. The molecule has 0 saturated carbocycles. The van der Waals surface area contributed by atoms with E-state index in [0.29, 0.717) is 98.0 Å². The number of aromatic nitrogens is 2. The highest BCUT2D eigenvalue weighted by Gasteiger charge is 2.44. The molecule has 360 valence electrons. The van der Waals surface area contributed by atoms with Crippen LogP contribution < -0.4 is 26.2 Å². The Balaban J connectivity index is 0.727. The molecule has 1 unspecified atom stereocenters. The van der Waals surface area contributed by atoms with Crippen LogP contribution in [0.1, 0.15) is 106 Å². The third-order valence-corrected chi connectivity index (χ3v) is 13.4. The van der Waals surface area contributed by atoms with Gasteiger partial charge in [0, 0.05) is 93.3 Å². The van der Waals surface area contributed by atoms with E-state index in [4.69, 9.17) is 4.74 Å². The molecule has 4 aromatic carbocycles. The van der Waals surface area contributed by atoms with Gasteiger partial charge in [0.25, 0.3) is 17.7 Å². The van der Waals surface area contributed by atoms with Gasteiger partial charge in [0.1, 0.15) is 17.7 Å². The smallest absolute Gasteiger partial charge is 0.262 e. The molecule has 3 fully saturated rings. The molecule has 1 aromatic heterocycles. The van der Waals surface area contributed by atoms with Gasteiger partial charge in [0.2, 0.25) is 17.7 Å². The van der Waals surface area contributed by atoms with Crippen molar-refractivity contribution < 1.29 is 42.3 Å². The van der Waals surface area contributed by atoms with Crippen molar-refractivity contribution in [2.24, 2.45) is 0 Å². The maximum Gasteiger partial charge on any atom is 0.262 e. The van der Waals surface area contributed by atoms with Crippen LogP contribution in [0.25, 0.3) is 10.9 Å². The predicted molar refractivity (Wildman–Crippen MR) is 255 cm³/mol. The number of rotatable bonds is 17. The molecule has 16 nitrogen and oxygen atoms in total. The Hall–Kier alpha value is -7.21. The van der Waals surface area contributed by atoms with Gasteiger partial charge in [0.05, 0.1) is 22.2 Å². The number of piperidine rings is 1. The van der Waals surface area contributed by atoms with Crippen LogP contribution in [-0.4, -0.2) is 113 Å². The number of hydrogen-bond acceptors (Lipinski definition) is 11. The van der Waals surface area contributed by atoms with Gasteiger partial charge in [0.15, 0.2) is 5.82 Å². The third kappa shape index (κ3) is 10.9. The molecule has 0 bridgehead atoms. The molecule has 4 aliphatic rings. The third-order valence-electron chi connectivity index (χ3n) is 13.4. The lowest BCUT2D eigenvalue weighted by atomic mass is 10.0. The number of fused-ring (bicyclic) bond motifs is 2. The van der Waals surface area contributed by atoms with Crippen molar-refractivity contribution >= 4 is 69.2 Å². The molecule has 18 heteroatoms. The van der Waals surface area contributed by atoms with Gasteiger partial charge in [-0.1, -0.05) is 25.3 Å². The van der Waals surface area contributed by atoms with E-state index in [-0.39, 0.29) is 41.8 Å². The first-order valence-electron chi connectivity index (χ1n) is 23.8. The number of unbranched alkanes of at least 4 members (excludes halogenated alkanes) is 4. The van der Waals surface area contributed by atoms with E-state index >= 15 is 0 Å². The number of aromatic amines is 1. The molecule has 5 N–H and O–H groups in total. The largest absolute Gasteiger partial charge is 0.385 e. The topological polar surface area (TPSA) is 198 Å². The van der Waals surface area contributed by atoms with Crippen LogP contribution in [-0.2, 0) is 25.5 Å². The van der Waals surface area contributed by atoms with Crippen LogP contribution in [0.4, 0.5) is 31.7 Å². The lowest BCUT2D eigenvalue weighted by molar-refractivity contribution is -0.136. The first kappa shape index (κ1) is 46.9. The predicted octanol–water partition coefficient (Wildman–Crippen LogP) is 6.78. The number of nitrogens with one attached hydrogen (secondary N) is 5. The second-order valence-electron chi connectivity index (χ2n) is 18.1. The summed E-state index contributed by atoms with van der Waals surface area (Å²) in [5.74, 6) is -3.25. The number of ether oxygens (including phenoxy) is 1. The highest BCUT2D eigenvalue weighted by atomic mass is 19.1. The van der Waals surface area contributed by atoms with Crippen LogP contribution in [0.3, 0.4) is 0 Å². The van der Waals surface area contributed by atoms with Crippen molar-refractivity contribution in [2.45, 2.75) is 82.7 Å². The van der Waals surface area contributed by atoms with Gasteiger partial charge >= 0.3 is 0 Å². The monoisotopic (exact) mass is 943 g/mol. The second-order valence-corrected chi connectivity index (χ2v) is 18.1. The van der Waals surface area contributed by atoms with Crippen molar-refractivity contribution in [2.75, 3.05) is 66.8 Å². The summed E-state index contributed by atoms with van der Waals surface area (Å²) >= 11 is 0. The van der Waals surface area contributed by atoms with Gasteiger partial charge in [-0.15, -0.1) is 0 Å². The molecule has 3 saturated heterocycles. The lowest BCUT2D eigenvalue weighted by Gasteiger charge is -2.36. The Morgan fingerprint density at radius 1 is 0.768 bits per heavy atom. The minimum absolute atomic E-state index is 0.0679. The summed E-state index contributed by atoms with van der Waals surface area (Å²) in [5.41, 5.74) is 5.28. The van der Waals surface area contributed by atoms with Gasteiger partial charge in [-0.25, -0.2) is 8.78 Å². The van der Waals surface area contributed by atoms with Crippen molar-refractivity contribution in [1.82, 2.24) is 25.3 Å². The minimum atomic E-state index is -1.00. The average molecular weight is 944 g/mol. The fraction of sp³-hybridized carbons (Fsp3) is 0.392. The number of anilines is 4. The number of imide groups is 2. The summed E-state index contributed by atoms with van der Waals surface area (Å²) in [4.78, 5) is 82.4. The number of amides is 6. The van der Waals surface area contributed by atoms with Crippen molar-refractivity contribution in [3.63, 3.8) is 0 Å². The van der Waals surface area contributed by atoms with Crippen LogP contribution in [0.2, 0.25) is 0 Å². The number of carbonyl (C=O) groups excluding carboxylic acids is 6. The average Bonchev–Trinajstić information content (AvgIpc) is 3.84. The van der Waals surface area contributed by atoms with E-state index in [1.165, 1.54) is 12.1 Å². The van der Waals surface area contributed by atoms with Gasteiger partial charge in [-0.3, -0.25) is 44.1 Å². The maximum atomic E-state index is 14.0. The molecule has 5 aromatic rings.